The third-order valence-corrected chi connectivity index (χ3v) is 2.31. The minimum absolute atomic E-state index is 0.254. The van der Waals surface area contributed by atoms with Gasteiger partial charge in [0, 0.05) is 11.4 Å². The number of rotatable bonds is 3. The monoisotopic (exact) mass is 263 g/mol. The lowest BCUT2D eigenvalue weighted by Crippen LogP contribution is -2.00. The zero-order valence-corrected chi connectivity index (χ0v) is 8.57. The molecule has 0 bridgehead atoms. The third-order valence-electron chi connectivity index (χ3n) is 1.70. The maximum atomic E-state index is 13.0. The minimum Gasteiger partial charge on any atom is -0.388 e. The number of alkyl halides is 1. The van der Waals surface area contributed by atoms with E-state index >= 15 is 0 Å². The van der Waals surface area contributed by atoms with E-state index in [9.17, 15) is 19.6 Å². The largest absolute Gasteiger partial charge is 0.388 e. The maximum Gasteiger partial charge on any atom is 0.304 e. The summed E-state index contributed by atoms with van der Waals surface area (Å²) in [5.41, 5.74) is -0.277. The van der Waals surface area contributed by atoms with Gasteiger partial charge in [0.1, 0.15) is 0 Å². The highest BCUT2D eigenvalue weighted by Crippen LogP contribution is 2.22. The normalized spacial score (nSPS) is 12.5. The summed E-state index contributed by atoms with van der Waals surface area (Å²) in [6.07, 6.45) is -0.856. The quantitative estimate of drug-likeness (QED) is 0.517. The van der Waals surface area contributed by atoms with E-state index in [1.807, 2.05) is 0 Å². The molecule has 0 amide bonds. The summed E-state index contributed by atoms with van der Waals surface area (Å²) in [6, 6.07) is 3.33. The topological polar surface area (TPSA) is 63.4 Å². The summed E-state index contributed by atoms with van der Waals surface area (Å²) in [4.78, 5) is 9.46. The first-order valence-corrected chi connectivity index (χ1v) is 4.86. The Hall–Kier alpha value is -1.01. The van der Waals surface area contributed by atoms with Gasteiger partial charge in [-0.3, -0.25) is 10.1 Å². The summed E-state index contributed by atoms with van der Waals surface area (Å²) < 4.78 is 13.0. The van der Waals surface area contributed by atoms with Gasteiger partial charge in [-0.25, -0.2) is 0 Å². The van der Waals surface area contributed by atoms with E-state index in [4.69, 9.17) is 0 Å². The van der Waals surface area contributed by atoms with Crippen LogP contribution in [0.25, 0.3) is 0 Å². The first kappa shape index (κ1) is 11.1. The van der Waals surface area contributed by atoms with Crippen molar-refractivity contribution in [2.24, 2.45) is 0 Å². The van der Waals surface area contributed by atoms with Gasteiger partial charge in [0.2, 0.25) is 5.82 Å². The Morgan fingerprint density at radius 3 is 2.71 bits per heavy atom. The molecule has 1 atom stereocenters. The molecular formula is C8H7BrFNO3. The van der Waals surface area contributed by atoms with Crippen LogP contribution in [0.3, 0.4) is 0 Å². The molecule has 0 aliphatic heterocycles. The second-order valence-electron chi connectivity index (χ2n) is 2.64. The summed E-state index contributed by atoms with van der Waals surface area (Å²) in [6.45, 7) is 0. The Balaban J connectivity index is 3.06. The lowest BCUT2D eigenvalue weighted by atomic mass is 10.1. The number of hydrogen-bond acceptors (Lipinski definition) is 3. The van der Waals surface area contributed by atoms with Crippen LogP contribution < -0.4 is 0 Å². The molecule has 0 saturated carbocycles. The number of hydrogen-bond donors (Lipinski definition) is 1. The van der Waals surface area contributed by atoms with Crippen molar-refractivity contribution < 1.29 is 14.4 Å². The maximum absolute atomic E-state index is 13.0. The van der Waals surface area contributed by atoms with Crippen molar-refractivity contribution in [3.05, 3.63) is 39.7 Å². The molecule has 1 aromatic rings. The summed E-state index contributed by atoms with van der Waals surface area (Å²) in [5.74, 6) is -0.937. The lowest BCUT2D eigenvalue weighted by Gasteiger charge is -2.06. The van der Waals surface area contributed by atoms with Gasteiger partial charge >= 0.3 is 5.69 Å². The molecule has 1 rings (SSSR count). The van der Waals surface area contributed by atoms with E-state index in [2.05, 4.69) is 15.9 Å². The first-order chi connectivity index (χ1) is 6.56. The zero-order chi connectivity index (χ0) is 10.7. The fraction of sp³-hybridized carbons (Fsp3) is 0.250. The van der Waals surface area contributed by atoms with E-state index in [0.29, 0.717) is 5.56 Å². The molecule has 0 heterocycles. The Morgan fingerprint density at radius 1 is 1.64 bits per heavy atom. The first-order valence-electron chi connectivity index (χ1n) is 3.74. The second kappa shape index (κ2) is 4.47. The van der Waals surface area contributed by atoms with Crippen molar-refractivity contribution >= 4 is 21.6 Å². The molecule has 0 aliphatic rings. The molecule has 1 aromatic carbocycles. The van der Waals surface area contributed by atoms with Gasteiger partial charge in [-0.05, 0) is 17.7 Å². The van der Waals surface area contributed by atoms with Crippen LogP contribution in [0.4, 0.5) is 10.1 Å². The summed E-state index contributed by atoms with van der Waals surface area (Å²) in [7, 11) is 0. The SMILES string of the molecule is O=[N+]([O-])c1ccc(C(O)CBr)cc1F. The molecule has 14 heavy (non-hydrogen) atoms. The number of aliphatic hydroxyl groups excluding tert-OH is 1. The molecule has 0 saturated heterocycles. The number of aliphatic hydroxyl groups is 1. The summed E-state index contributed by atoms with van der Waals surface area (Å²) in [5, 5.41) is 19.8. The van der Waals surface area contributed by atoms with Crippen LogP contribution in [0, 0.1) is 15.9 Å². The number of nitrogens with zero attached hydrogens (tertiary/aromatic N) is 1. The van der Waals surface area contributed by atoms with E-state index < -0.39 is 22.5 Å². The number of nitro groups is 1. The van der Waals surface area contributed by atoms with Crippen LogP contribution in [0.1, 0.15) is 11.7 Å². The van der Waals surface area contributed by atoms with Crippen molar-refractivity contribution in [2.75, 3.05) is 5.33 Å². The van der Waals surface area contributed by atoms with Gasteiger partial charge in [0.15, 0.2) is 0 Å². The van der Waals surface area contributed by atoms with Crippen LogP contribution in [-0.4, -0.2) is 15.4 Å². The van der Waals surface area contributed by atoms with Gasteiger partial charge in [-0.15, -0.1) is 0 Å². The van der Waals surface area contributed by atoms with Gasteiger partial charge in [0.05, 0.1) is 11.0 Å². The molecule has 4 nitrogen and oxygen atoms in total. The van der Waals surface area contributed by atoms with Crippen LogP contribution in [0.2, 0.25) is 0 Å². The van der Waals surface area contributed by atoms with Crippen LogP contribution in [-0.2, 0) is 0 Å². The Bertz CT molecular complexity index is 358. The standard InChI is InChI=1S/C8H7BrFNO3/c9-4-8(12)5-1-2-7(11(13)14)6(10)3-5/h1-3,8,12H,4H2. The minimum atomic E-state index is -0.937. The molecule has 0 spiro atoms. The van der Waals surface area contributed by atoms with Crippen molar-refractivity contribution in [3.8, 4) is 0 Å². The fourth-order valence-electron chi connectivity index (χ4n) is 0.968. The Labute approximate surface area is 87.6 Å². The molecule has 0 radical (unpaired) electrons. The lowest BCUT2D eigenvalue weighted by molar-refractivity contribution is -0.387. The molecular weight excluding hydrogens is 257 g/mol. The van der Waals surface area contributed by atoms with Crippen molar-refractivity contribution in [3.63, 3.8) is 0 Å². The van der Waals surface area contributed by atoms with Crippen LogP contribution in [0.15, 0.2) is 18.2 Å². The van der Waals surface area contributed by atoms with Gasteiger partial charge in [-0.2, -0.15) is 4.39 Å². The zero-order valence-electron chi connectivity index (χ0n) is 6.98. The average molecular weight is 264 g/mol. The van der Waals surface area contributed by atoms with E-state index in [0.717, 1.165) is 12.1 Å². The van der Waals surface area contributed by atoms with Gasteiger partial charge in [0.25, 0.3) is 0 Å². The van der Waals surface area contributed by atoms with Crippen molar-refractivity contribution in [1.29, 1.82) is 0 Å². The molecule has 0 aromatic heterocycles. The van der Waals surface area contributed by atoms with Crippen LogP contribution >= 0.6 is 15.9 Å². The second-order valence-corrected chi connectivity index (χ2v) is 3.29. The van der Waals surface area contributed by atoms with Crippen molar-refractivity contribution in [2.45, 2.75) is 6.10 Å². The van der Waals surface area contributed by atoms with E-state index in [1.54, 1.807) is 0 Å². The predicted octanol–water partition coefficient (Wildman–Crippen LogP) is 2.16. The summed E-state index contributed by atoms with van der Waals surface area (Å²) >= 11 is 3.02. The number of nitro benzene ring substituents is 1. The smallest absolute Gasteiger partial charge is 0.304 e. The molecule has 76 valence electrons. The average Bonchev–Trinajstić information content (AvgIpc) is 2.15. The van der Waals surface area contributed by atoms with E-state index in [1.165, 1.54) is 6.07 Å². The molecule has 1 unspecified atom stereocenters. The predicted molar refractivity (Wildman–Crippen MR) is 51.8 cm³/mol. The Kier molecular flexibility index (Phi) is 3.54. The molecule has 1 N–H and O–H groups in total. The number of benzene rings is 1. The van der Waals surface area contributed by atoms with Crippen LogP contribution in [0.5, 0.6) is 0 Å². The fourth-order valence-corrected chi connectivity index (χ4v) is 1.34. The van der Waals surface area contributed by atoms with Gasteiger partial charge in [-0.1, -0.05) is 15.9 Å². The van der Waals surface area contributed by atoms with Gasteiger partial charge < -0.3 is 5.11 Å². The van der Waals surface area contributed by atoms with Crippen molar-refractivity contribution in [1.82, 2.24) is 0 Å². The highest BCUT2D eigenvalue weighted by atomic mass is 79.9. The van der Waals surface area contributed by atoms with E-state index in [-0.39, 0.29) is 5.33 Å². The molecule has 0 aliphatic carbocycles. The molecule has 0 fully saturated rings. The number of halogens is 2. The third kappa shape index (κ3) is 2.27. The highest BCUT2D eigenvalue weighted by molar-refractivity contribution is 9.09. The highest BCUT2D eigenvalue weighted by Gasteiger charge is 2.16. The molecule has 6 heteroatoms. The Morgan fingerprint density at radius 2 is 2.29 bits per heavy atom.